The Hall–Kier alpha value is -1.59. The van der Waals surface area contributed by atoms with Crippen molar-refractivity contribution in [2.24, 2.45) is 11.5 Å². The molecule has 5 heteroatoms. The normalized spacial score (nSPS) is 10.1. The summed E-state index contributed by atoms with van der Waals surface area (Å²) in [4.78, 5) is 10.8. The Bertz CT molecular complexity index is 325. The summed E-state index contributed by atoms with van der Waals surface area (Å²) >= 11 is 0. The molecule has 5 nitrogen and oxygen atoms in total. The zero-order chi connectivity index (χ0) is 11.8. The highest BCUT2D eigenvalue weighted by molar-refractivity contribution is 5.92. The van der Waals surface area contributed by atoms with Crippen LogP contribution in [-0.2, 0) is 4.74 Å². The molecule has 0 aliphatic heterocycles. The topological polar surface area (TPSA) is 87.6 Å². The third-order valence-corrected chi connectivity index (χ3v) is 1.90. The number of amides is 1. The van der Waals surface area contributed by atoms with Crippen LogP contribution in [0, 0.1) is 0 Å². The molecule has 0 bridgehead atoms. The second kappa shape index (κ2) is 6.81. The first-order valence-corrected chi connectivity index (χ1v) is 5.04. The summed E-state index contributed by atoms with van der Waals surface area (Å²) < 4.78 is 10.5. The van der Waals surface area contributed by atoms with Gasteiger partial charge in [-0.3, -0.25) is 4.79 Å². The molecule has 0 saturated carbocycles. The summed E-state index contributed by atoms with van der Waals surface area (Å²) in [5.74, 6) is 0.235. The molecule has 0 aliphatic rings. The van der Waals surface area contributed by atoms with Crippen molar-refractivity contribution in [2.45, 2.75) is 0 Å². The van der Waals surface area contributed by atoms with E-state index in [0.717, 1.165) is 0 Å². The molecule has 1 aromatic rings. The zero-order valence-corrected chi connectivity index (χ0v) is 9.02. The molecular weight excluding hydrogens is 208 g/mol. The van der Waals surface area contributed by atoms with E-state index >= 15 is 0 Å². The van der Waals surface area contributed by atoms with Gasteiger partial charge in [0.2, 0.25) is 5.91 Å². The van der Waals surface area contributed by atoms with Gasteiger partial charge >= 0.3 is 0 Å². The molecule has 0 saturated heterocycles. The molecule has 0 atom stereocenters. The Morgan fingerprint density at radius 2 is 1.81 bits per heavy atom. The van der Waals surface area contributed by atoms with Crippen molar-refractivity contribution in [3.8, 4) is 5.75 Å². The van der Waals surface area contributed by atoms with Gasteiger partial charge in [-0.2, -0.15) is 0 Å². The van der Waals surface area contributed by atoms with Gasteiger partial charge in [0.05, 0.1) is 13.2 Å². The first-order valence-electron chi connectivity index (χ1n) is 5.04. The van der Waals surface area contributed by atoms with E-state index in [1.54, 1.807) is 24.3 Å². The lowest BCUT2D eigenvalue weighted by molar-refractivity contribution is 0.0999. The average molecular weight is 224 g/mol. The predicted octanol–water partition coefficient (Wildman–Crippen LogP) is 0.140. The van der Waals surface area contributed by atoms with E-state index < -0.39 is 5.91 Å². The number of rotatable bonds is 7. The van der Waals surface area contributed by atoms with Gasteiger partial charge in [-0.05, 0) is 24.3 Å². The van der Waals surface area contributed by atoms with E-state index in [1.807, 2.05) is 0 Å². The fraction of sp³-hybridized carbons (Fsp3) is 0.364. The monoisotopic (exact) mass is 224 g/mol. The molecule has 0 radical (unpaired) electrons. The maximum atomic E-state index is 10.8. The minimum Gasteiger partial charge on any atom is -0.491 e. The van der Waals surface area contributed by atoms with E-state index in [1.165, 1.54) is 0 Å². The van der Waals surface area contributed by atoms with Crippen molar-refractivity contribution in [1.82, 2.24) is 0 Å². The summed E-state index contributed by atoms with van der Waals surface area (Å²) in [5.41, 5.74) is 10.8. The third kappa shape index (κ3) is 4.29. The third-order valence-electron chi connectivity index (χ3n) is 1.90. The van der Waals surface area contributed by atoms with E-state index in [9.17, 15) is 4.79 Å². The zero-order valence-electron chi connectivity index (χ0n) is 9.02. The maximum absolute atomic E-state index is 10.8. The van der Waals surface area contributed by atoms with Crippen molar-refractivity contribution < 1.29 is 14.3 Å². The summed E-state index contributed by atoms with van der Waals surface area (Å²) in [6, 6.07) is 6.64. The fourth-order valence-electron chi connectivity index (χ4n) is 1.12. The standard InChI is InChI=1S/C11H16N2O3/c12-5-6-15-7-8-16-10-3-1-9(2-4-10)11(13)14/h1-4H,5-8,12H2,(H2,13,14). The maximum Gasteiger partial charge on any atom is 0.248 e. The molecular formula is C11H16N2O3. The number of hydrogen-bond acceptors (Lipinski definition) is 4. The van der Waals surface area contributed by atoms with Crippen LogP contribution in [0.2, 0.25) is 0 Å². The molecule has 0 spiro atoms. The van der Waals surface area contributed by atoms with Crippen molar-refractivity contribution in [2.75, 3.05) is 26.4 Å². The number of carbonyl (C=O) groups is 1. The largest absolute Gasteiger partial charge is 0.491 e. The van der Waals surface area contributed by atoms with Crippen molar-refractivity contribution >= 4 is 5.91 Å². The molecule has 0 heterocycles. The molecule has 1 rings (SSSR count). The number of nitrogens with two attached hydrogens (primary N) is 2. The Labute approximate surface area is 94.3 Å². The Balaban J connectivity index is 2.29. The van der Waals surface area contributed by atoms with Gasteiger partial charge in [-0.1, -0.05) is 0 Å². The number of benzene rings is 1. The molecule has 0 unspecified atom stereocenters. The second-order valence-corrected chi connectivity index (χ2v) is 3.14. The first-order chi connectivity index (χ1) is 7.74. The van der Waals surface area contributed by atoms with Crippen molar-refractivity contribution in [1.29, 1.82) is 0 Å². The predicted molar refractivity (Wildman–Crippen MR) is 60.3 cm³/mol. The van der Waals surface area contributed by atoms with Crippen LogP contribution in [-0.4, -0.2) is 32.3 Å². The van der Waals surface area contributed by atoms with E-state index in [2.05, 4.69) is 0 Å². The first kappa shape index (κ1) is 12.5. The quantitative estimate of drug-likeness (QED) is 0.645. The van der Waals surface area contributed by atoms with E-state index in [0.29, 0.717) is 37.7 Å². The van der Waals surface area contributed by atoms with E-state index in [-0.39, 0.29) is 0 Å². The fourth-order valence-corrected chi connectivity index (χ4v) is 1.12. The number of hydrogen-bond donors (Lipinski definition) is 2. The van der Waals surface area contributed by atoms with E-state index in [4.69, 9.17) is 20.9 Å². The number of carbonyl (C=O) groups excluding carboxylic acids is 1. The summed E-state index contributed by atoms with van der Waals surface area (Å²) in [5, 5.41) is 0. The minimum atomic E-state index is -0.446. The minimum absolute atomic E-state index is 0.446. The number of primary amides is 1. The summed E-state index contributed by atoms with van der Waals surface area (Å²) in [7, 11) is 0. The Morgan fingerprint density at radius 1 is 1.12 bits per heavy atom. The SMILES string of the molecule is NCCOCCOc1ccc(C(N)=O)cc1. The average Bonchev–Trinajstić information content (AvgIpc) is 2.29. The van der Waals surface area contributed by atoms with Gasteiger partial charge < -0.3 is 20.9 Å². The van der Waals surface area contributed by atoms with Gasteiger partial charge in [0.15, 0.2) is 0 Å². The molecule has 16 heavy (non-hydrogen) atoms. The molecule has 1 aromatic carbocycles. The van der Waals surface area contributed by atoms with Crippen molar-refractivity contribution in [3.05, 3.63) is 29.8 Å². The van der Waals surface area contributed by atoms with Crippen LogP contribution in [0.25, 0.3) is 0 Å². The van der Waals surface area contributed by atoms with Gasteiger partial charge in [-0.15, -0.1) is 0 Å². The molecule has 0 aromatic heterocycles. The van der Waals surface area contributed by atoms with Gasteiger partial charge in [0, 0.05) is 12.1 Å². The lowest BCUT2D eigenvalue weighted by Crippen LogP contribution is -2.13. The summed E-state index contributed by atoms with van der Waals surface area (Å²) in [6.45, 7) is 1.99. The second-order valence-electron chi connectivity index (χ2n) is 3.14. The van der Waals surface area contributed by atoms with Crippen LogP contribution in [0.3, 0.4) is 0 Å². The molecule has 88 valence electrons. The Kier molecular flexibility index (Phi) is 5.31. The molecule has 0 fully saturated rings. The van der Waals surface area contributed by atoms with Crippen LogP contribution in [0.15, 0.2) is 24.3 Å². The highest BCUT2D eigenvalue weighted by atomic mass is 16.5. The molecule has 0 aliphatic carbocycles. The lowest BCUT2D eigenvalue weighted by Gasteiger charge is -2.06. The Morgan fingerprint density at radius 3 is 2.38 bits per heavy atom. The van der Waals surface area contributed by atoms with Crippen LogP contribution in [0.4, 0.5) is 0 Å². The van der Waals surface area contributed by atoms with Gasteiger partial charge in [0.25, 0.3) is 0 Å². The smallest absolute Gasteiger partial charge is 0.248 e. The van der Waals surface area contributed by atoms with Crippen LogP contribution in [0.5, 0.6) is 5.75 Å². The molecule has 1 amide bonds. The lowest BCUT2D eigenvalue weighted by atomic mass is 10.2. The van der Waals surface area contributed by atoms with Gasteiger partial charge in [0.1, 0.15) is 12.4 Å². The van der Waals surface area contributed by atoms with Crippen LogP contribution < -0.4 is 16.2 Å². The number of ether oxygens (including phenoxy) is 2. The summed E-state index contributed by atoms with van der Waals surface area (Å²) in [6.07, 6.45) is 0. The van der Waals surface area contributed by atoms with Crippen LogP contribution >= 0.6 is 0 Å². The van der Waals surface area contributed by atoms with Gasteiger partial charge in [-0.25, -0.2) is 0 Å². The van der Waals surface area contributed by atoms with Crippen molar-refractivity contribution in [3.63, 3.8) is 0 Å². The highest BCUT2D eigenvalue weighted by Gasteiger charge is 1.99. The highest BCUT2D eigenvalue weighted by Crippen LogP contribution is 2.11. The van der Waals surface area contributed by atoms with Crippen LogP contribution in [0.1, 0.15) is 10.4 Å². The molecule has 4 N–H and O–H groups in total.